The number of ether oxygens (including phenoxy) is 1. The molecule has 0 radical (unpaired) electrons. The molecule has 0 saturated heterocycles. The molecule has 0 aliphatic carbocycles. The molecule has 0 amide bonds. The third kappa shape index (κ3) is 3.81. The van der Waals surface area contributed by atoms with Gasteiger partial charge in [0.2, 0.25) is 0 Å². The Labute approximate surface area is 96.6 Å². The Balaban J connectivity index is 2.65. The van der Waals surface area contributed by atoms with Crippen LogP contribution < -0.4 is 10.5 Å². The van der Waals surface area contributed by atoms with E-state index in [4.69, 9.17) is 10.5 Å². The van der Waals surface area contributed by atoms with Gasteiger partial charge in [-0.05, 0) is 19.4 Å². The molecule has 1 rings (SSSR count). The van der Waals surface area contributed by atoms with E-state index in [1.54, 1.807) is 6.07 Å². The summed E-state index contributed by atoms with van der Waals surface area (Å²) in [5.74, 6) is 0.293. The van der Waals surface area contributed by atoms with Gasteiger partial charge in [0.1, 0.15) is 11.6 Å². The highest BCUT2D eigenvalue weighted by atomic mass is 19.1. The second-order valence-corrected chi connectivity index (χ2v) is 4.03. The zero-order valence-corrected chi connectivity index (χ0v) is 10.0. The molecule has 1 atom stereocenters. The van der Waals surface area contributed by atoms with E-state index in [2.05, 4.69) is 6.92 Å². The molecule has 90 valence electrons. The van der Waals surface area contributed by atoms with Gasteiger partial charge < -0.3 is 10.5 Å². The van der Waals surface area contributed by atoms with Crippen LogP contribution in [0.2, 0.25) is 0 Å². The number of hydrogen-bond donors (Lipinski definition) is 1. The third-order valence-electron chi connectivity index (χ3n) is 2.47. The van der Waals surface area contributed by atoms with Crippen LogP contribution in [-0.2, 0) is 0 Å². The van der Waals surface area contributed by atoms with Gasteiger partial charge in [-0.15, -0.1) is 0 Å². The first kappa shape index (κ1) is 13.0. The first-order chi connectivity index (χ1) is 7.65. The second-order valence-electron chi connectivity index (χ2n) is 4.03. The fraction of sp³-hybridized carbons (Fsp3) is 0.538. The SMILES string of the molecule is CCCCCOc1cc(F)ccc1[C@@H](C)N. The second kappa shape index (κ2) is 6.48. The van der Waals surface area contributed by atoms with Crippen LogP contribution >= 0.6 is 0 Å². The van der Waals surface area contributed by atoms with E-state index in [-0.39, 0.29) is 11.9 Å². The Morgan fingerprint density at radius 1 is 1.38 bits per heavy atom. The van der Waals surface area contributed by atoms with E-state index in [0.29, 0.717) is 12.4 Å². The Hall–Kier alpha value is -1.09. The predicted molar refractivity (Wildman–Crippen MR) is 64.0 cm³/mol. The monoisotopic (exact) mass is 225 g/mol. The van der Waals surface area contributed by atoms with E-state index >= 15 is 0 Å². The van der Waals surface area contributed by atoms with Crippen molar-refractivity contribution in [2.45, 2.75) is 39.2 Å². The number of nitrogens with two attached hydrogens (primary N) is 1. The van der Waals surface area contributed by atoms with Crippen molar-refractivity contribution in [1.82, 2.24) is 0 Å². The highest BCUT2D eigenvalue weighted by Crippen LogP contribution is 2.25. The first-order valence-corrected chi connectivity index (χ1v) is 5.83. The van der Waals surface area contributed by atoms with Crippen molar-refractivity contribution in [3.63, 3.8) is 0 Å². The Morgan fingerprint density at radius 3 is 2.75 bits per heavy atom. The summed E-state index contributed by atoms with van der Waals surface area (Å²) in [6.07, 6.45) is 3.26. The van der Waals surface area contributed by atoms with Crippen molar-refractivity contribution >= 4 is 0 Å². The van der Waals surface area contributed by atoms with E-state index in [1.165, 1.54) is 12.1 Å². The summed E-state index contributed by atoms with van der Waals surface area (Å²) in [5, 5.41) is 0. The van der Waals surface area contributed by atoms with Crippen LogP contribution in [0.1, 0.15) is 44.7 Å². The lowest BCUT2D eigenvalue weighted by Crippen LogP contribution is -2.09. The molecule has 0 spiro atoms. The average molecular weight is 225 g/mol. The van der Waals surface area contributed by atoms with Gasteiger partial charge in [0.05, 0.1) is 6.61 Å². The molecule has 16 heavy (non-hydrogen) atoms. The van der Waals surface area contributed by atoms with Gasteiger partial charge in [0, 0.05) is 17.7 Å². The summed E-state index contributed by atoms with van der Waals surface area (Å²) in [6, 6.07) is 4.37. The van der Waals surface area contributed by atoms with Crippen LogP contribution in [0.3, 0.4) is 0 Å². The van der Waals surface area contributed by atoms with E-state index in [0.717, 1.165) is 24.8 Å². The van der Waals surface area contributed by atoms with Crippen molar-refractivity contribution < 1.29 is 9.13 Å². The molecule has 1 aromatic carbocycles. The smallest absolute Gasteiger partial charge is 0.126 e. The molecule has 0 aliphatic heterocycles. The van der Waals surface area contributed by atoms with E-state index in [1.807, 2.05) is 6.92 Å². The van der Waals surface area contributed by atoms with Gasteiger partial charge in [0.15, 0.2) is 0 Å². The minimum atomic E-state index is -0.283. The predicted octanol–water partition coefficient (Wildman–Crippen LogP) is 3.41. The maximum Gasteiger partial charge on any atom is 0.126 e. The number of rotatable bonds is 6. The van der Waals surface area contributed by atoms with Gasteiger partial charge in [-0.1, -0.05) is 25.8 Å². The van der Waals surface area contributed by atoms with Crippen molar-refractivity contribution in [1.29, 1.82) is 0 Å². The van der Waals surface area contributed by atoms with Crippen molar-refractivity contribution in [2.75, 3.05) is 6.61 Å². The topological polar surface area (TPSA) is 35.2 Å². The van der Waals surface area contributed by atoms with Crippen LogP contribution in [0.5, 0.6) is 5.75 Å². The maximum atomic E-state index is 13.1. The summed E-state index contributed by atoms with van der Waals surface area (Å²) < 4.78 is 18.6. The van der Waals surface area contributed by atoms with Crippen LogP contribution in [0.15, 0.2) is 18.2 Å². The molecule has 2 N–H and O–H groups in total. The van der Waals surface area contributed by atoms with Crippen LogP contribution in [0, 0.1) is 5.82 Å². The van der Waals surface area contributed by atoms with Gasteiger partial charge in [-0.3, -0.25) is 0 Å². The lowest BCUT2D eigenvalue weighted by molar-refractivity contribution is 0.300. The molecule has 3 heteroatoms. The standard InChI is InChI=1S/C13H20FNO/c1-3-4-5-8-16-13-9-11(14)6-7-12(13)10(2)15/h6-7,9-10H,3-5,8,15H2,1-2H3/t10-/m1/s1. The fourth-order valence-corrected chi connectivity index (χ4v) is 1.54. The van der Waals surface area contributed by atoms with Crippen molar-refractivity contribution in [3.05, 3.63) is 29.6 Å². The molecule has 0 aromatic heterocycles. The van der Waals surface area contributed by atoms with Gasteiger partial charge in [-0.2, -0.15) is 0 Å². The third-order valence-corrected chi connectivity index (χ3v) is 2.47. The largest absolute Gasteiger partial charge is 0.493 e. The van der Waals surface area contributed by atoms with Crippen molar-refractivity contribution in [2.24, 2.45) is 5.73 Å². The molecule has 0 unspecified atom stereocenters. The molecule has 0 heterocycles. The highest BCUT2D eigenvalue weighted by Gasteiger charge is 2.09. The quantitative estimate of drug-likeness (QED) is 0.753. The van der Waals surface area contributed by atoms with Crippen LogP contribution in [0.4, 0.5) is 4.39 Å². The van der Waals surface area contributed by atoms with Gasteiger partial charge in [-0.25, -0.2) is 4.39 Å². The first-order valence-electron chi connectivity index (χ1n) is 5.83. The van der Waals surface area contributed by atoms with E-state index in [9.17, 15) is 4.39 Å². The number of halogens is 1. The number of unbranched alkanes of at least 4 members (excludes halogenated alkanes) is 2. The molecular formula is C13H20FNO. The molecular weight excluding hydrogens is 205 g/mol. The summed E-state index contributed by atoms with van der Waals surface area (Å²) in [6.45, 7) is 4.62. The van der Waals surface area contributed by atoms with E-state index < -0.39 is 0 Å². The fourth-order valence-electron chi connectivity index (χ4n) is 1.54. The molecule has 0 saturated carbocycles. The Kier molecular flexibility index (Phi) is 5.26. The number of hydrogen-bond acceptors (Lipinski definition) is 2. The Morgan fingerprint density at radius 2 is 2.12 bits per heavy atom. The molecule has 0 aliphatic rings. The molecule has 2 nitrogen and oxygen atoms in total. The average Bonchev–Trinajstić information content (AvgIpc) is 2.24. The summed E-state index contributed by atoms with van der Waals surface area (Å²) in [4.78, 5) is 0. The lowest BCUT2D eigenvalue weighted by Gasteiger charge is -2.13. The van der Waals surface area contributed by atoms with Gasteiger partial charge >= 0.3 is 0 Å². The van der Waals surface area contributed by atoms with Crippen molar-refractivity contribution in [3.8, 4) is 5.75 Å². The summed E-state index contributed by atoms with van der Waals surface area (Å²) >= 11 is 0. The molecule has 0 bridgehead atoms. The minimum Gasteiger partial charge on any atom is -0.493 e. The van der Waals surface area contributed by atoms with Crippen LogP contribution in [0.25, 0.3) is 0 Å². The Bertz CT molecular complexity index is 326. The van der Waals surface area contributed by atoms with Crippen LogP contribution in [-0.4, -0.2) is 6.61 Å². The minimum absolute atomic E-state index is 0.137. The van der Waals surface area contributed by atoms with Gasteiger partial charge in [0.25, 0.3) is 0 Å². The summed E-state index contributed by atoms with van der Waals surface area (Å²) in [7, 11) is 0. The molecule has 1 aromatic rings. The summed E-state index contributed by atoms with van der Waals surface area (Å²) in [5.41, 5.74) is 6.65. The molecule has 0 fully saturated rings. The number of benzene rings is 1. The normalized spacial score (nSPS) is 12.5. The highest BCUT2D eigenvalue weighted by molar-refractivity contribution is 5.36. The maximum absolute atomic E-state index is 13.1. The zero-order chi connectivity index (χ0) is 12.0. The lowest BCUT2D eigenvalue weighted by atomic mass is 10.1. The zero-order valence-electron chi connectivity index (χ0n) is 10.0.